The van der Waals surface area contributed by atoms with Gasteiger partial charge in [-0.15, -0.1) is 0 Å². The average Bonchev–Trinajstić information content (AvgIpc) is 2.54. The molecule has 0 aliphatic heterocycles. The summed E-state index contributed by atoms with van der Waals surface area (Å²) in [6.07, 6.45) is 0. The average molecular weight is 306 g/mol. The Morgan fingerprint density at radius 3 is 2.48 bits per heavy atom. The van der Waals surface area contributed by atoms with Crippen molar-refractivity contribution < 1.29 is 9.84 Å². The lowest BCUT2D eigenvalue weighted by Gasteiger charge is -2.30. The standard InChI is InChI=1S/C17H20ClNO2/c1-17(12-20,13-7-4-3-5-8-13)19-11-14-15(18)9-6-10-16(14)21-2/h3-10,19-20H,11-12H2,1-2H3. The van der Waals surface area contributed by atoms with Gasteiger partial charge in [-0.05, 0) is 24.6 Å². The second-order valence-electron chi connectivity index (χ2n) is 5.13. The number of ether oxygens (including phenoxy) is 1. The van der Waals surface area contributed by atoms with Crippen molar-refractivity contribution in [2.75, 3.05) is 13.7 Å². The van der Waals surface area contributed by atoms with Crippen molar-refractivity contribution in [1.29, 1.82) is 0 Å². The molecule has 0 aliphatic carbocycles. The van der Waals surface area contributed by atoms with E-state index in [4.69, 9.17) is 16.3 Å². The Morgan fingerprint density at radius 1 is 1.14 bits per heavy atom. The van der Waals surface area contributed by atoms with Gasteiger partial charge in [0.1, 0.15) is 5.75 Å². The molecule has 0 radical (unpaired) electrons. The molecule has 3 nitrogen and oxygen atoms in total. The van der Waals surface area contributed by atoms with Crippen LogP contribution in [0.15, 0.2) is 48.5 Å². The minimum atomic E-state index is -0.536. The smallest absolute Gasteiger partial charge is 0.124 e. The van der Waals surface area contributed by atoms with Crippen molar-refractivity contribution in [2.24, 2.45) is 0 Å². The number of hydrogen-bond acceptors (Lipinski definition) is 3. The SMILES string of the molecule is COc1cccc(Cl)c1CNC(C)(CO)c1ccccc1. The van der Waals surface area contributed by atoms with E-state index in [0.29, 0.717) is 11.6 Å². The number of hydrogen-bond donors (Lipinski definition) is 2. The second-order valence-corrected chi connectivity index (χ2v) is 5.54. The summed E-state index contributed by atoms with van der Waals surface area (Å²) in [6, 6.07) is 15.4. The van der Waals surface area contributed by atoms with Gasteiger partial charge in [0.2, 0.25) is 0 Å². The molecule has 2 aromatic rings. The number of nitrogens with one attached hydrogen (secondary N) is 1. The molecule has 0 spiro atoms. The first-order chi connectivity index (χ1) is 10.1. The molecule has 1 unspecified atom stereocenters. The van der Waals surface area contributed by atoms with Gasteiger partial charge < -0.3 is 15.2 Å². The van der Waals surface area contributed by atoms with Crippen molar-refractivity contribution in [1.82, 2.24) is 5.32 Å². The van der Waals surface area contributed by atoms with Gasteiger partial charge in [-0.3, -0.25) is 0 Å². The van der Waals surface area contributed by atoms with Crippen LogP contribution in [0.2, 0.25) is 5.02 Å². The summed E-state index contributed by atoms with van der Waals surface area (Å²) in [7, 11) is 1.62. The van der Waals surface area contributed by atoms with E-state index < -0.39 is 5.54 Å². The molecule has 0 saturated heterocycles. The van der Waals surface area contributed by atoms with Crippen molar-refractivity contribution in [3.8, 4) is 5.75 Å². The van der Waals surface area contributed by atoms with E-state index in [9.17, 15) is 5.11 Å². The molecule has 2 aromatic carbocycles. The lowest BCUT2D eigenvalue weighted by atomic mass is 9.92. The summed E-state index contributed by atoms with van der Waals surface area (Å²) in [6.45, 7) is 2.46. The summed E-state index contributed by atoms with van der Waals surface area (Å²) in [4.78, 5) is 0. The first-order valence-corrected chi connectivity index (χ1v) is 7.21. The van der Waals surface area contributed by atoms with Crippen molar-refractivity contribution >= 4 is 11.6 Å². The Hall–Kier alpha value is -1.55. The molecule has 21 heavy (non-hydrogen) atoms. The van der Waals surface area contributed by atoms with E-state index in [0.717, 1.165) is 16.9 Å². The van der Waals surface area contributed by atoms with Crippen LogP contribution in [-0.2, 0) is 12.1 Å². The fourth-order valence-electron chi connectivity index (χ4n) is 2.24. The van der Waals surface area contributed by atoms with Crippen LogP contribution in [0.1, 0.15) is 18.1 Å². The van der Waals surface area contributed by atoms with Gasteiger partial charge in [0, 0.05) is 17.1 Å². The van der Waals surface area contributed by atoms with Gasteiger partial charge in [0.05, 0.1) is 19.3 Å². The van der Waals surface area contributed by atoms with Crippen LogP contribution in [0.4, 0.5) is 0 Å². The van der Waals surface area contributed by atoms with Crippen LogP contribution in [-0.4, -0.2) is 18.8 Å². The van der Waals surface area contributed by atoms with Gasteiger partial charge >= 0.3 is 0 Å². The van der Waals surface area contributed by atoms with E-state index in [1.54, 1.807) is 7.11 Å². The van der Waals surface area contributed by atoms with Gasteiger partial charge in [0.15, 0.2) is 0 Å². The Bertz CT molecular complexity index is 589. The Labute approximate surface area is 130 Å². The van der Waals surface area contributed by atoms with Crippen molar-refractivity contribution in [2.45, 2.75) is 19.0 Å². The first-order valence-electron chi connectivity index (χ1n) is 6.83. The molecular weight excluding hydrogens is 286 g/mol. The predicted octanol–water partition coefficient (Wildman–Crippen LogP) is 3.35. The van der Waals surface area contributed by atoms with Crippen LogP contribution in [0.3, 0.4) is 0 Å². The number of halogens is 1. The zero-order chi connectivity index (χ0) is 15.3. The maximum Gasteiger partial charge on any atom is 0.124 e. The summed E-state index contributed by atoms with van der Waals surface area (Å²) < 4.78 is 5.34. The third kappa shape index (κ3) is 3.56. The molecule has 0 aromatic heterocycles. The van der Waals surface area contributed by atoms with Crippen LogP contribution in [0.25, 0.3) is 0 Å². The quantitative estimate of drug-likeness (QED) is 0.860. The minimum absolute atomic E-state index is 0.0101. The van der Waals surface area contributed by atoms with Gasteiger partial charge in [-0.1, -0.05) is 48.0 Å². The highest BCUT2D eigenvalue weighted by Crippen LogP contribution is 2.28. The maximum absolute atomic E-state index is 9.79. The number of benzene rings is 2. The molecule has 2 N–H and O–H groups in total. The summed E-state index contributed by atoms with van der Waals surface area (Å²) in [5.74, 6) is 0.739. The number of methoxy groups -OCH3 is 1. The number of aliphatic hydroxyl groups excluding tert-OH is 1. The molecule has 1 atom stereocenters. The zero-order valence-electron chi connectivity index (χ0n) is 12.3. The monoisotopic (exact) mass is 305 g/mol. The summed E-state index contributed by atoms with van der Waals surface area (Å²) in [5, 5.41) is 13.8. The first kappa shape index (κ1) is 15.8. The van der Waals surface area contributed by atoms with Crippen LogP contribution >= 0.6 is 11.6 Å². The van der Waals surface area contributed by atoms with Gasteiger partial charge in [-0.25, -0.2) is 0 Å². The molecule has 0 aliphatic rings. The molecule has 0 heterocycles. The third-order valence-electron chi connectivity index (χ3n) is 3.68. The predicted molar refractivity (Wildman–Crippen MR) is 85.7 cm³/mol. The van der Waals surface area contributed by atoms with Gasteiger partial charge in [0.25, 0.3) is 0 Å². The molecular formula is C17H20ClNO2. The maximum atomic E-state index is 9.79. The van der Waals surface area contributed by atoms with E-state index in [-0.39, 0.29) is 6.61 Å². The fourth-order valence-corrected chi connectivity index (χ4v) is 2.47. The molecule has 0 fully saturated rings. The lowest BCUT2D eigenvalue weighted by Crippen LogP contribution is -2.42. The highest BCUT2D eigenvalue weighted by Gasteiger charge is 2.25. The molecule has 4 heteroatoms. The summed E-state index contributed by atoms with van der Waals surface area (Å²) >= 11 is 6.24. The van der Waals surface area contributed by atoms with E-state index in [1.165, 1.54) is 0 Å². The molecule has 112 valence electrons. The lowest BCUT2D eigenvalue weighted by molar-refractivity contribution is 0.173. The largest absolute Gasteiger partial charge is 0.496 e. The minimum Gasteiger partial charge on any atom is -0.496 e. The van der Waals surface area contributed by atoms with Crippen molar-refractivity contribution in [3.05, 3.63) is 64.7 Å². The second kappa shape index (κ2) is 6.94. The van der Waals surface area contributed by atoms with Gasteiger partial charge in [-0.2, -0.15) is 0 Å². The molecule has 0 amide bonds. The Balaban J connectivity index is 2.22. The zero-order valence-corrected chi connectivity index (χ0v) is 13.0. The highest BCUT2D eigenvalue weighted by atomic mass is 35.5. The summed E-state index contributed by atoms with van der Waals surface area (Å²) in [5.41, 5.74) is 1.38. The Morgan fingerprint density at radius 2 is 1.86 bits per heavy atom. The fraction of sp³-hybridized carbons (Fsp3) is 0.294. The van der Waals surface area contributed by atoms with Crippen LogP contribution in [0.5, 0.6) is 5.75 Å². The van der Waals surface area contributed by atoms with E-state index in [1.807, 2.05) is 55.5 Å². The van der Waals surface area contributed by atoms with Crippen LogP contribution in [0, 0.1) is 0 Å². The molecule has 0 saturated carbocycles. The highest BCUT2D eigenvalue weighted by molar-refractivity contribution is 6.31. The Kier molecular flexibility index (Phi) is 5.23. The van der Waals surface area contributed by atoms with E-state index >= 15 is 0 Å². The molecule has 2 rings (SSSR count). The molecule has 0 bridgehead atoms. The van der Waals surface area contributed by atoms with E-state index in [2.05, 4.69) is 5.32 Å². The third-order valence-corrected chi connectivity index (χ3v) is 4.03. The normalized spacial score (nSPS) is 13.7. The number of rotatable bonds is 6. The van der Waals surface area contributed by atoms with Crippen LogP contribution < -0.4 is 10.1 Å². The topological polar surface area (TPSA) is 41.5 Å². The van der Waals surface area contributed by atoms with Crippen molar-refractivity contribution in [3.63, 3.8) is 0 Å². The number of aliphatic hydroxyl groups is 1.